The fraction of sp³-hybridized carbons (Fsp3) is 0.333. The van der Waals surface area contributed by atoms with E-state index in [1.807, 2.05) is 45.9 Å². The lowest BCUT2D eigenvalue weighted by Crippen LogP contribution is -2.28. The number of amides is 2. The Morgan fingerprint density at radius 1 is 1.00 bits per heavy atom. The molecular weight excluding hydrogens is 396 g/mol. The smallest absolute Gasteiger partial charge is 0.287 e. The summed E-state index contributed by atoms with van der Waals surface area (Å²) >= 11 is 0. The number of ether oxygens (including phenoxy) is 2. The van der Waals surface area contributed by atoms with Crippen LogP contribution in [0, 0.1) is 20.8 Å². The van der Waals surface area contributed by atoms with Crippen LogP contribution >= 0.6 is 0 Å². The zero-order valence-electron chi connectivity index (χ0n) is 18.5. The van der Waals surface area contributed by atoms with Gasteiger partial charge in [0.2, 0.25) is 0 Å². The van der Waals surface area contributed by atoms with E-state index in [2.05, 4.69) is 10.6 Å². The van der Waals surface area contributed by atoms with Crippen molar-refractivity contribution in [3.63, 3.8) is 0 Å². The van der Waals surface area contributed by atoms with Crippen LogP contribution in [-0.4, -0.2) is 32.1 Å². The van der Waals surface area contributed by atoms with Gasteiger partial charge in [0.05, 0.1) is 7.11 Å². The minimum atomic E-state index is -0.275. The second-order valence-corrected chi connectivity index (χ2v) is 7.37. The normalized spacial score (nSPS) is 10.7. The summed E-state index contributed by atoms with van der Waals surface area (Å²) in [5.74, 6) is 0.793. The van der Waals surface area contributed by atoms with E-state index in [9.17, 15) is 9.59 Å². The first kappa shape index (κ1) is 22.2. The predicted octanol–water partition coefficient (Wildman–Crippen LogP) is 3.81. The molecule has 0 saturated heterocycles. The van der Waals surface area contributed by atoms with Crippen LogP contribution in [0.2, 0.25) is 0 Å². The lowest BCUT2D eigenvalue weighted by atomic mass is 10.0. The molecule has 1 aromatic heterocycles. The maximum atomic E-state index is 12.8. The Labute approximate surface area is 181 Å². The van der Waals surface area contributed by atoms with E-state index < -0.39 is 0 Å². The number of rotatable bonds is 8. The van der Waals surface area contributed by atoms with Gasteiger partial charge in [0.1, 0.15) is 5.58 Å². The Hall–Kier alpha value is -3.48. The first-order valence-corrected chi connectivity index (χ1v) is 10.2. The van der Waals surface area contributed by atoms with Crippen LogP contribution in [0.25, 0.3) is 11.0 Å². The molecule has 0 aliphatic carbocycles. The summed E-state index contributed by atoms with van der Waals surface area (Å²) < 4.78 is 16.8. The molecule has 1 heterocycles. The van der Waals surface area contributed by atoms with Gasteiger partial charge in [-0.25, -0.2) is 0 Å². The third-order valence-corrected chi connectivity index (χ3v) is 5.10. The highest BCUT2D eigenvalue weighted by Gasteiger charge is 2.20. The van der Waals surface area contributed by atoms with E-state index in [1.165, 1.54) is 7.11 Å². The van der Waals surface area contributed by atoms with Gasteiger partial charge >= 0.3 is 0 Å². The Balaban J connectivity index is 1.71. The van der Waals surface area contributed by atoms with Crippen molar-refractivity contribution in [2.45, 2.75) is 34.2 Å². The molecule has 0 radical (unpaired) electrons. The molecular formula is C24H28N2O5. The summed E-state index contributed by atoms with van der Waals surface area (Å²) in [5, 5.41) is 6.56. The predicted molar refractivity (Wildman–Crippen MR) is 119 cm³/mol. The first-order valence-electron chi connectivity index (χ1n) is 10.2. The van der Waals surface area contributed by atoms with Gasteiger partial charge < -0.3 is 24.5 Å². The molecule has 31 heavy (non-hydrogen) atoms. The van der Waals surface area contributed by atoms with Gasteiger partial charge in [0.25, 0.3) is 11.8 Å². The SMILES string of the molecule is CCNC(=O)COc1ccc(CNC(=O)c2oc3c(C)ccc(C)c3c2C)cc1OC. The number of furan rings is 1. The molecule has 164 valence electrons. The second kappa shape index (κ2) is 9.55. The molecule has 0 atom stereocenters. The van der Waals surface area contributed by atoms with Crippen molar-refractivity contribution < 1.29 is 23.5 Å². The molecule has 2 amide bonds. The van der Waals surface area contributed by atoms with Gasteiger partial charge in [-0.1, -0.05) is 18.2 Å². The van der Waals surface area contributed by atoms with Crippen LogP contribution in [0.3, 0.4) is 0 Å². The molecule has 0 unspecified atom stereocenters. The largest absolute Gasteiger partial charge is 0.493 e. The summed E-state index contributed by atoms with van der Waals surface area (Å²) in [6, 6.07) is 9.33. The topological polar surface area (TPSA) is 89.8 Å². The first-order chi connectivity index (χ1) is 14.8. The summed E-state index contributed by atoms with van der Waals surface area (Å²) in [4.78, 5) is 24.4. The molecule has 0 bridgehead atoms. The molecule has 0 fully saturated rings. The number of hydrogen-bond donors (Lipinski definition) is 2. The van der Waals surface area contributed by atoms with Gasteiger partial charge in [0, 0.05) is 24.0 Å². The molecule has 0 aliphatic heterocycles. The average Bonchev–Trinajstić information content (AvgIpc) is 3.12. The lowest BCUT2D eigenvalue weighted by Gasteiger charge is -2.12. The number of aryl methyl sites for hydroxylation is 3. The van der Waals surface area contributed by atoms with Gasteiger partial charge in [-0.2, -0.15) is 0 Å². The van der Waals surface area contributed by atoms with E-state index in [4.69, 9.17) is 13.9 Å². The number of fused-ring (bicyclic) bond motifs is 1. The fourth-order valence-corrected chi connectivity index (χ4v) is 3.49. The third kappa shape index (κ3) is 4.82. The van der Waals surface area contributed by atoms with Gasteiger partial charge in [-0.15, -0.1) is 0 Å². The highest BCUT2D eigenvalue weighted by Crippen LogP contribution is 2.31. The molecule has 2 N–H and O–H groups in total. The summed E-state index contributed by atoms with van der Waals surface area (Å²) in [6.07, 6.45) is 0. The fourth-order valence-electron chi connectivity index (χ4n) is 3.49. The zero-order valence-corrected chi connectivity index (χ0v) is 18.5. The molecule has 0 aliphatic rings. The van der Waals surface area contributed by atoms with Crippen LogP contribution in [0.4, 0.5) is 0 Å². The maximum absolute atomic E-state index is 12.8. The number of methoxy groups -OCH3 is 1. The minimum Gasteiger partial charge on any atom is -0.493 e. The number of carbonyl (C=O) groups is 2. The Kier molecular flexibility index (Phi) is 6.84. The van der Waals surface area contributed by atoms with Gasteiger partial charge in [-0.05, 0) is 56.5 Å². The maximum Gasteiger partial charge on any atom is 0.287 e. The van der Waals surface area contributed by atoms with Crippen molar-refractivity contribution in [2.75, 3.05) is 20.3 Å². The summed E-state index contributed by atoms with van der Waals surface area (Å²) in [7, 11) is 1.53. The standard InChI is InChI=1S/C24H28N2O5/c1-6-25-20(27)13-30-18-10-9-17(11-19(18)29-5)12-26-24(28)23-16(4)21-14(2)7-8-15(3)22(21)31-23/h7-11H,6,12-13H2,1-5H3,(H,25,27)(H,26,28). The molecule has 2 aromatic carbocycles. The van der Waals surface area contributed by atoms with Crippen molar-refractivity contribution in [1.82, 2.24) is 10.6 Å². The van der Waals surface area contributed by atoms with Crippen LogP contribution in [0.15, 0.2) is 34.7 Å². The van der Waals surface area contributed by atoms with Crippen molar-refractivity contribution in [2.24, 2.45) is 0 Å². The molecule has 3 rings (SSSR count). The van der Waals surface area contributed by atoms with Crippen molar-refractivity contribution >= 4 is 22.8 Å². The minimum absolute atomic E-state index is 0.0928. The highest BCUT2D eigenvalue weighted by atomic mass is 16.5. The second-order valence-electron chi connectivity index (χ2n) is 7.37. The van der Waals surface area contributed by atoms with E-state index in [0.29, 0.717) is 30.3 Å². The number of carbonyl (C=O) groups excluding carboxylic acids is 2. The summed E-state index contributed by atoms with van der Waals surface area (Å²) in [6.45, 7) is 8.46. The highest BCUT2D eigenvalue weighted by molar-refractivity contribution is 6.00. The number of benzene rings is 2. The van der Waals surface area contributed by atoms with Crippen molar-refractivity contribution in [3.8, 4) is 11.5 Å². The third-order valence-electron chi connectivity index (χ3n) is 5.10. The van der Waals surface area contributed by atoms with E-state index in [1.54, 1.807) is 12.1 Å². The van der Waals surface area contributed by atoms with Crippen LogP contribution in [0.1, 0.15) is 39.7 Å². The van der Waals surface area contributed by atoms with Gasteiger partial charge in [-0.3, -0.25) is 9.59 Å². The van der Waals surface area contributed by atoms with E-state index in [-0.39, 0.29) is 18.4 Å². The van der Waals surface area contributed by atoms with Crippen LogP contribution in [0.5, 0.6) is 11.5 Å². The van der Waals surface area contributed by atoms with Crippen molar-refractivity contribution in [1.29, 1.82) is 0 Å². The molecule has 7 nitrogen and oxygen atoms in total. The number of hydrogen-bond acceptors (Lipinski definition) is 5. The molecule has 7 heteroatoms. The zero-order chi connectivity index (χ0) is 22.5. The molecule has 0 spiro atoms. The number of nitrogens with one attached hydrogen (secondary N) is 2. The molecule has 0 saturated carbocycles. The monoisotopic (exact) mass is 424 g/mol. The lowest BCUT2D eigenvalue weighted by molar-refractivity contribution is -0.123. The quantitative estimate of drug-likeness (QED) is 0.574. The van der Waals surface area contributed by atoms with Gasteiger partial charge in [0.15, 0.2) is 23.9 Å². The number of likely N-dealkylation sites (N-methyl/N-ethyl adjacent to an activating group) is 1. The Morgan fingerprint density at radius 3 is 2.42 bits per heavy atom. The average molecular weight is 424 g/mol. The summed E-state index contributed by atoms with van der Waals surface area (Å²) in [5.41, 5.74) is 4.49. The van der Waals surface area contributed by atoms with Crippen LogP contribution < -0.4 is 20.1 Å². The van der Waals surface area contributed by atoms with E-state index in [0.717, 1.165) is 33.2 Å². The van der Waals surface area contributed by atoms with Crippen LogP contribution in [-0.2, 0) is 11.3 Å². The Morgan fingerprint density at radius 2 is 1.74 bits per heavy atom. The molecule has 3 aromatic rings. The Bertz CT molecular complexity index is 1120. The van der Waals surface area contributed by atoms with E-state index >= 15 is 0 Å². The van der Waals surface area contributed by atoms with Crippen molar-refractivity contribution in [3.05, 3.63) is 58.3 Å².